The first-order valence-electron chi connectivity index (χ1n) is 10.2. The maximum absolute atomic E-state index is 13.1. The highest BCUT2D eigenvalue weighted by Gasteiger charge is 2.28. The number of amides is 1. The lowest BCUT2D eigenvalue weighted by Gasteiger charge is -2.20. The van der Waals surface area contributed by atoms with Gasteiger partial charge in [0.2, 0.25) is 0 Å². The Hall–Kier alpha value is -2.10. The van der Waals surface area contributed by atoms with Crippen LogP contribution in [-0.2, 0) is 16.0 Å². The molecule has 0 aliphatic carbocycles. The molecule has 0 aliphatic heterocycles. The summed E-state index contributed by atoms with van der Waals surface area (Å²) < 4.78 is 11.5. The summed E-state index contributed by atoms with van der Waals surface area (Å²) in [6.45, 7) is 3.05. The average Bonchev–Trinajstić information content (AvgIpc) is 2.79. The van der Waals surface area contributed by atoms with Crippen molar-refractivity contribution in [2.24, 2.45) is 0 Å². The Morgan fingerprint density at radius 3 is 2.44 bits per heavy atom. The number of carbonyl (C=O) groups is 2. The molecule has 1 unspecified atom stereocenters. The van der Waals surface area contributed by atoms with Gasteiger partial charge in [-0.05, 0) is 76.3 Å². The van der Waals surface area contributed by atoms with Gasteiger partial charge in [0.15, 0.2) is 5.75 Å². The van der Waals surface area contributed by atoms with Crippen molar-refractivity contribution in [3.05, 3.63) is 56.0 Å². The summed E-state index contributed by atoms with van der Waals surface area (Å²) in [5.41, 5.74) is 1.42. The van der Waals surface area contributed by atoms with Crippen molar-refractivity contribution in [1.82, 2.24) is 10.6 Å². The second-order valence-electron chi connectivity index (χ2n) is 7.20. The minimum Gasteiger partial charge on any atom is -0.506 e. The smallest absolute Gasteiger partial charge is 0.328 e. The zero-order valence-corrected chi connectivity index (χ0v) is 21.5. The summed E-state index contributed by atoms with van der Waals surface area (Å²) in [6, 6.07) is 8.40. The van der Waals surface area contributed by atoms with E-state index in [9.17, 15) is 14.7 Å². The molecule has 0 heterocycles. The van der Waals surface area contributed by atoms with Crippen LogP contribution in [0.5, 0.6) is 11.5 Å². The van der Waals surface area contributed by atoms with Crippen molar-refractivity contribution in [2.75, 3.05) is 27.3 Å². The van der Waals surface area contributed by atoms with Gasteiger partial charge in [-0.1, -0.05) is 30.3 Å². The standard InChI is InChI=1S/C23H28Br2N2O5/c1-14-17(20(28)19(25)21(18(14)24)32-12-8-7-11-26-2)22(29)27-16(23(30)31-3)13-15-9-5-4-6-10-15/h4-6,9-10,16,26,28H,7-8,11-13H2,1-3H3,(H,27,29). The Morgan fingerprint density at radius 1 is 1.12 bits per heavy atom. The van der Waals surface area contributed by atoms with Gasteiger partial charge in [-0.15, -0.1) is 0 Å². The summed E-state index contributed by atoms with van der Waals surface area (Å²) in [5, 5.41) is 16.5. The highest BCUT2D eigenvalue weighted by Crippen LogP contribution is 2.45. The van der Waals surface area contributed by atoms with E-state index in [2.05, 4.69) is 42.5 Å². The van der Waals surface area contributed by atoms with Crippen LogP contribution in [0.3, 0.4) is 0 Å². The third kappa shape index (κ3) is 6.70. The number of ether oxygens (including phenoxy) is 2. The van der Waals surface area contributed by atoms with Crippen LogP contribution in [0.4, 0.5) is 0 Å². The molecule has 0 radical (unpaired) electrons. The van der Waals surface area contributed by atoms with Crippen LogP contribution in [0, 0.1) is 6.92 Å². The van der Waals surface area contributed by atoms with Crippen LogP contribution in [0.25, 0.3) is 0 Å². The summed E-state index contributed by atoms with van der Waals surface area (Å²) >= 11 is 6.82. The van der Waals surface area contributed by atoms with Crippen molar-refractivity contribution in [3.8, 4) is 11.5 Å². The first-order chi connectivity index (χ1) is 15.3. The van der Waals surface area contributed by atoms with Crippen LogP contribution in [0.15, 0.2) is 39.3 Å². The molecular weight excluding hydrogens is 544 g/mol. The Bertz CT molecular complexity index is 909. The van der Waals surface area contributed by atoms with Crippen LogP contribution in [0.2, 0.25) is 0 Å². The van der Waals surface area contributed by atoms with E-state index in [1.54, 1.807) is 6.92 Å². The predicted octanol–water partition coefficient (Wildman–Crippen LogP) is 4.12. The number of phenolic OH excluding ortho intramolecular Hbond substituents is 1. The largest absolute Gasteiger partial charge is 0.506 e. The van der Waals surface area contributed by atoms with Gasteiger partial charge in [0.1, 0.15) is 16.3 Å². The normalized spacial score (nSPS) is 11.7. The molecule has 0 aromatic heterocycles. The highest BCUT2D eigenvalue weighted by molar-refractivity contribution is 9.11. The van der Waals surface area contributed by atoms with Crippen LogP contribution in [-0.4, -0.2) is 50.3 Å². The number of aromatic hydroxyl groups is 1. The third-order valence-corrected chi connectivity index (χ3v) is 6.61. The molecule has 0 fully saturated rings. The van der Waals surface area contributed by atoms with Crippen molar-refractivity contribution >= 4 is 43.7 Å². The number of hydrogen-bond acceptors (Lipinski definition) is 6. The number of hydrogen-bond donors (Lipinski definition) is 3. The third-order valence-electron chi connectivity index (χ3n) is 4.92. The summed E-state index contributed by atoms with van der Waals surface area (Å²) in [7, 11) is 3.16. The molecule has 0 bridgehead atoms. The molecule has 2 aromatic rings. The predicted molar refractivity (Wildman–Crippen MR) is 130 cm³/mol. The number of methoxy groups -OCH3 is 1. The molecule has 1 atom stereocenters. The van der Waals surface area contributed by atoms with Gasteiger partial charge < -0.3 is 25.2 Å². The number of esters is 1. The van der Waals surface area contributed by atoms with Crippen LogP contribution >= 0.6 is 31.9 Å². The minimum atomic E-state index is -0.908. The van der Waals surface area contributed by atoms with Crippen molar-refractivity contribution in [1.29, 1.82) is 0 Å². The van der Waals surface area contributed by atoms with Crippen LogP contribution < -0.4 is 15.4 Å². The van der Waals surface area contributed by atoms with E-state index in [-0.39, 0.29) is 22.2 Å². The number of benzene rings is 2. The maximum Gasteiger partial charge on any atom is 0.328 e. The lowest BCUT2D eigenvalue weighted by Crippen LogP contribution is -2.43. The summed E-state index contributed by atoms with van der Waals surface area (Å²) in [5.74, 6) is -0.987. The monoisotopic (exact) mass is 570 g/mol. The SMILES string of the molecule is CNCCCCOc1c(Br)c(C)c(C(=O)NC(Cc2ccccc2)C(=O)OC)c(O)c1Br. The van der Waals surface area contributed by atoms with Gasteiger partial charge in [0, 0.05) is 6.42 Å². The van der Waals surface area contributed by atoms with Crippen molar-refractivity contribution < 1.29 is 24.2 Å². The van der Waals surface area contributed by atoms with E-state index in [1.165, 1.54) is 7.11 Å². The van der Waals surface area contributed by atoms with Crippen molar-refractivity contribution in [2.45, 2.75) is 32.2 Å². The number of phenols is 1. The molecule has 0 saturated heterocycles. The zero-order chi connectivity index (χ0) is 23.7. The van der Waals surface area contributed by atoms with E-state index in [0.717, 1.165) is 24.9 Å². The van der Waals surface area contributed by atoms with Gasteiger partial charge in [-0.2, -0.15) is 0 Å². The molecule has 2 aromatic carbocycles. The molecule has 0 spiro atoms. The fourth-order valence-corrected chi connectivity index (χ4v) is 4.46. The topological polar surface area (TPSA) is 96.9 Å². The van der Waals surface area contributed by atoms with E-state index >= 15 is 0 Å². The number of unbranched alkanes of at least 4 members (excludes halogenated alkanes) is 1. The number of carbonyl (C=O) groups excluding carboxylic acids is 2. The Balaban J connectivity index is 2.25. The van der Waals surface area contributed by atoms with Gasteiger partial charge in [-0.3, -0.25) is 4.79 Å². The molecular formula is C23H28Br2N2O5. The second-order valence-corrected chi connectivity index (χ2v) is 8.79. The first-order valence-corrected chi connectivity index (χ1v) is 11.8. The molecule has 9 heteroatoms. The summed E-state index contributed by atoms with van der Waals surface area (Å²) in [4.78, 5) is 25.4. The molecule has 3 N–H and O–H groups in total. The van der Waals surface area contributed by atoms with E-state index in [0.29, 0.717) is 22.4 Å². The molecule has 174 valence electrons. The summed E-state index contributed by atoms with van der Waals surface area (Å²) in [6.07, 6.45) is 2.05. The molecule has 2 rings (SSSR count). The minimum absolute atomic E-state index is 0.0493. The van der Waals surface area contributed by atoms with Gasteiger partial charge in [0.25, 0.3) is 5.91 Å². The first kappa shape index (κ1) is 26.2. The lowest BCUT2D eigenvalue weighted by molar-refractivity contribution is -0.142. The molecule has 1 amide bonds. The molecule has 0 aliphatic rings. The van der Waals surface area contributed by atoms with Gasteiger partial charge in [-0.25, -0.2) is 4.79 Å². The average molecular weight is 572 g/mol. The highest BCUT2D eigenvalue weighted by atomic mass is 79.9. The van der Waals surface area contributed by atoms with Gasteiger partial charge >= 0.3 is 5.97 Å². The van der Waals surface area contributed by atoms with E-state index in [4.69, 9.17) is 9.47 Å². The number of nitrogens with one attached hydrogen (secondary N) is 2. The van der Waals surface area contributed by atoms with Crippen LogP contribution in [0.1, 0.15) is 34.3 Å². The maximum atomic E-state index is 13.1. The zero-order valence-electron chi connectivity index (χ0n) is 18.3. The number of rotatable bonds is 11. The molecule has 0 saturated carbocycles. The van der Waals surface area contributed by atoms with Gasteiger partial charge in [0.05, 0.1) is 23.8 Å². The quantitative estimate of drug-likeness (QED) is 0.277. The lowest BCUT2D eigenvalue weighted by atomic mass is 10.0. The fourth-order valence-electron chi connectivity index (χ4n) is 3.17. The van der Waals surface area contributed by atoms with Crippen molar-refractivity contribution in [3.63, 3.8) is 0 Å². The molecule has 7 nitrogen and oxygen atoms in total. The Kier molecular flexibility index (Phi) is 10.5. The Morgan fingerprint density at radius 2 is 1.81 bits per heavy atom. The fraction of sp³-hybridized carbons (Fsp3) is 0.391. The van der Waals surface area contributed by atoms with E-state index in [1.807, 2.05) is 37.4 Å². The second kappa shape index (κ2) is 12.8. The van der Waals surface area contributed by atoms with E-state index < -0.39 is 17.9 Å². The Labute approximate surface area is 205 Å². The number of halogens is 2. The molecule has 32 heavy (non-hydrogen) atoms.